The van der Waals surface area contributed by atoms with Crippen LogP contribution in [0.3, 0.4) is 0 Å². The number of carbonyl (C=O) groups is 1. The first-order valence-electron chi connectivity index (χ1n) is 4.76. The predicted octanol–water partition coefficient (Wildman–Crippen LogP) is 0.667. The van der Waals surface area contributed by atoms with Gasteiger partial charge in [-0.2, -0.15) is 0 Å². The van der Waals surface area contributed by atoms with Crippen molar-refractivity contribution in [2.45, 2.75) is 19.4 Å². The number of anilines is 1. The fourth-order valence-corrected chi connectivity index (χ4v) is 1.62. The molecule has 4 nitrogen and oxygen atoms in total. The fraction of sp³-hybridized carbons (Fsp3) is 0.400. The van der Waals surface area contributed by atoms with Gasteiger partial charge in [-0.3, -0.25) is 9.78 Å². The van der Waals surface area contributed by atoms with E-state index < -0.39 is 0 Å². The molecule has 1 amide bonds. The van der Waals surface area contributed by atoms with Crippen LogP contribution in [0.15, 0.2) is 18.3 Å². The minimum Gasteiger partial charge on any atom is -0.325 e. The molecule has 0 radical (unpaired) electrons. The first-order valence-corrected chi connectivity index (χ1v) is 4.76. The van der Waals surface area contributed by atoms with Gasteiger partial charge in [0.1, 0.15) is 0 Å². The lowest BCUT2D eigenvalue weighted by Gasteiger charge is -2.14. The molecular weight excluding hydrogens is 178 g/mol. The normalized spacial score (nSPS) is 16.4. The van der Waals surface area contributed by atoms with Gasteiger partial charge in [-0.15, -0.1) is 0 Å². The molecule has 0 bridgehead atoms. The highest BCUT2D eigenvalue weighted by atomic mass is 16.2. The van der Waals surface area contributed by atoms with E-state index in [1.165, 1.54) is 0 Å². The summed E-state index contributed by atoms with van der Waals surface area (Å²) in [5, 5.41) is 0. The summed E-state index contributed by atoms with van der Waals surface area (Å²) in [6, 6.07) is 3.76. The van der Waals surface area contributed by atoms with E-state index in [4.69, 9.17) is 5.73 Å². The van der Waals surface area contributed by atoms with Crippen LogP contribution in [0.5, 0.6) is 0 Å². The molecule has 14 heavy (non-hydrogen) atoms. The number of nitrogens with zero attached hydrogens (tertiary/aromatic N) is 2. The van der Waals surface area contributed by atoms with Crippen molar-refractivity contribution in [3.8, 4) is 0 Å². The summed E-state index contributed by atoms with van der Waals surface area (Å²) in [5.74, 6) is 0.187. The van der Waals surface area contributed by atoms with Gasteiger partial charge in [0.05, 0.1) is 17.6 Å². The number of pyridine rings is 1. The van der Waals surface area contributed by atoms with Crippen LogP contribution in [-0.2, 0) is 11.3 Å². The standard InChI is InChI=1S/C10H13N3O/c11-6-8-3-4-9(7-12-8)13-5-1-2-10(13)14/h3-4,7H,1-2,5-6,11H2. The minimum atomic E-state index is 0.187. The number of amides is 1. The van der Waals surface area contributed by atoms with Crippen LogP contribution in [0.25, 0.3) is 0 Å². The molecular formula is C10H13N3O. The van der Waals surface area contributed by atoms with Crippen LogP contribution < -0.4 is 10.6 Å². The number of hydrogen-bond donors (Lipinski definition) is 1. The third kappa shape index (κ3) is 1.61. The molecule has 0 saturated carbocycles. The number of rotatable bonds is 2. The van der Waals surface area contributed by atoms with Gasteiger partial charge in [-0.1, -0.05) is 0 Å². The SMILES string of the molecule is NCc1ccc(N2CCCC2=O)cn1. The summed E-state index contributed by atoms with van der Waals surface area (Å²) in [6.07, 6.45) is 3.31. The maximum absolute atomic E-state index is 11.4. The van der Waals surface area contributed by atoms with Gasteiger partial charge >= 0.3 is 0 Å². The molecule has 1 fully saturated rings. The lowest BCUT2D eigenvalue weighted by atomic mass is 10.3. The summed E-state index contributed by atoms with van der Waals surface area (Å²) >= 11 is 0. The molecule has 74 valence electrons. The molecule has 0 aliphatic carbocycles. The van der Waals surface area contributed by atoms with Crippen molar-refractivity contribution in [2.75, 3.05) is 11.4 Å². The maximum atomic E-state index is 11.4. The van der Waals surface area contributed by atoms with Crippen LogP contribution in [0.4, 0.5) is 5.69 Å². The van der Waals surface area contributed by atoms with Crippen LogP contribution in [0, 0.1) is 0 Å². The lowest BCUT2D eigenvalue weighted by Crippen LogP contribution is -2.23. The quantitative estimate of drug-likeness (QED) is 0.747. The molecule has 1 aromatic heterocycles. The molecule has 2 rings (SSSR count). The summed E-state index contributed by atoms with van der Waals surface area (Å²) in [4.78, 5) is 17.3. The van der Waals surface area contributed by atoms with Gasteiger partial charge in [-0.25, -0.2) is 0 Å². The minimum absolute atomic E-state index is 0.187. The van der Waals surface area contributed by atoms with Crippen molar-refractivity contribution in [3.05, 3.63) is 24.0 Å². The summed E-state index contributed by atoms with van der Waals surface area (Å²) in [5.41, 5.74) is 7.16. The van der Waals surface area contributed by atoms with E-state index in [1.807, 2.05) is 12.1 Å². The highest BCUT2D eigenvalue weighted by Crippen LogP contribution is 2.19. The zero-order valence-corrected chi connectivity index (χ0v) is 7.94. The van der Waals surface area contributed by atoms with E-state index in [1.54, 1.807) is 11.1 Å². The van der Waals surface area contributed by atoms with Gasteiger partial charge < -0.3 is 10.6 Å². The summed E-state index contributed by atoms with van der Waals surface area (Å²) in [7, 11) is 0. The van der Waals surface area contributed by atoms with E-state index in [2.05, 4.69) is 4.98 Å². The van der Waals surface area contributed by atoms with Gasteiger partial charge in [-0.05, 0) is 18.6 Å². The second-order valence-corrected chi connectivity index (χ2v) is 3.36. The smallest absolute Gasteiger partial charge is 0.227 e. The van der Waals surface area contributed by atoms with Crippen molar-refractivity contribution in [1.82, 2.24) is 4.98 Å². The van der Waals surface area contributed by atoms with E-state index >= 15 is 0 Å². The third-order valence-electron chi connectivity index (χ3n) is 2.40. The topological polar surface area (TPSA) is 59.2 Å². The fourth-order valence-electron chi connectivity index (χ4n) is 1.62. The first-order chi connectivity index (χ1) is 6.81. The second kappa shape index (κ2) is 3.75. The Morgan fingerprint density at radius 1 is 1.50 bits per heavy atom. The Kier molecular flexibility index (Phi) is 2.45. The van der Waals surface area contributed by atoms with Crippen molar-refractivity contribution < 1.29 is 4.79 Å². The molecule has 2 heterocycles. The largest absolute Gasteiger partial charge is 0.325 e. The van der Waals surface area contributed by atoms with Gasteiger partial charge in [0.25, 0.3) is 0 Å². The Labute approximate surface area is 82.7 Å². The Hall–Kier alpha value is -1.42. The molecule has 1 aliphatic heterocycles. The van der Waals surface area contributed by atoms with Gasteiger partial charge in [0.15, 0.2) is 0 Å². The van der Waals surface area contributed by atoms with E-state index in [-0.39, 0.29) is 5.91 Å². The van der Waals surface area contributed by atoms with Gasteiger partial charge in [0, 0.05) is 19.5 Å². The molecule has 0 atom stereocenters. The van der Waals surface area contributed by atoms with E-state index in [9.17, 15) is 4.79 Å². The van der Waals surface area contributed by atoms with Crippen molar-refractivity contribution in [3.63, 3.8) is 0 Å². The molecule has 0 unspecified atom stereocenters. The number of nitrogens with two attached hydrogens (primary N) is 1. The Bertz CT molecular complexity index is 334. The van der Waals surface area contributed by atoms with Crippen molar-refractivity contribution in [2.24, 2.45) is 5.73 Å². The Morgan fingerprint density at radius 3 is 2.86 bits per heavy atom. The molecule has 4 heteroatoms. The predicted molar refractivity (Wildman–Crippen MR) is 53.7 cm³/mol. The van der Waals surface area contributed by atoms with Crippen LogP contribution in [0.2, 0.25) is 0 Å². The summed E-state index contributed by atoms with van der Waals surface area (Å²) < 4.78 is 0. The zero-order chi connectivity index (χ0) is 9.97. The summed E-state index contributed by atoms with van der Waals surface area (Å²) in [6.45, 7) is 1.25. The average Bonchev–Trinajstić information content (AvgIpc) is 2.65. The monoisotopic (exact) mass is 191 g/mol. The van der Waals surface area contributed by atoms with E-state index in [0.717, 1.165) is 24.3 Å². The highest BCUT2D eigenvalue weighted by Gasteiger charge is 2.21. The molecule has 1 saturated heterocycles. The average molecular weight is 191 g/mol. The number of aromatic nitrogens is 1. The lowest BCUT2D eigenvalue weighted by molar-refractivity contribution is -0.117. The molecule has 2 N–H and O–H groups in total. The van der Waals surface area contributed by atoms with Crippen molar-refractivity contribution >= 4 is 11.6 Å². The third-order valence-corrected chi connectivity index (χ3v) is 2.40. The van der Waals surface area contributed by atoms with Crippen molar-refractivity contribution in [1.29, 1.82) is 0 Å². The molecule has 0 aromatic carbocycles. The number of carbonyl (C=O) groups excluding carboxylic acids is 1. The second-order valence-electron chi connectivity index (χ2n) is 3.36. The number of hydrogen-bond acceptors (Lipinski definition) is 3. The molecule has 1 aromatic rings. The van der Waals surface area contributed by atoms with Gasteiger partial charge in [0.2, 0.25) is 5.91 Å². The first kappa shape index (κ1) is 9.15. The van der Waals surface area contributed by atoms with Crippen LogP contribution in [0.1, 0.15) is 18.5 Å². The highest BCUT2D eigenvalue weighted by molar-refractivity contribution is 5.95. The van der Waals surface area contributed by atoms with E-state index in [0.29, 0.717) is 13.0 Å². The zero-order valence-electron chi connectivity index (χ0n) is 7.94. The molecule has 1 aliphatic rings. The Morgan fingerprint density at radius 2 is 2.36 bits per heavy atom. The maximum Gasteiger partial charge on any atom is 0.227 e. The molecule has 0 spiro atoms. The van der Waals surface area contributed by atoms with Crippen LogP contribution >= 0.6 is 0 Å². The Balaban J connectivity index is 2.20. The van der Waals surface area contributed by atoms with Crippen LogP contribution in [-0.4, -0.2) is 17.4 Å².